The molecular formula is C10H17N3OS. The van der Waals surface area contributed by atoms with Crippen molar-refractivity contribution >= 4 is 16.6 Å². The van der Waals surface area contributed by atoms with Gasteiger partial charge in [-0.25, -0.2) is 9.97 Å². The van der Waals surface area contributed by atoms with Crippen molar-refractivity contribution < 1.29 is 4.21 Å². The van der Waals surface area contributed by atoms with Crippen molar-refractivity contribution in [3.8, 4) is 0 Å². The number of aryl methyl sites for hydroxylation is 1. The summed E-state index contributed by atoms with van der Waals surface area (Å²) in [7, 11) is 0.724. The Kier molecular flexibility index (Phi) is 4.68. The molecule has 0 aromatic carbocycles. The summed E-state index contributed by atoms with van der Waals surface area (Å²) in [5, 5.41) is 3.40. The van der Waals surface area contributed by atoms with Gasteiger partial charge < -0.3 is 5.32 Å². The van der Waals surface area contributed by atoms with Gasteiger partial charge in [-0.2, -0.15) is 0 Å². The molecule has 1 unspecified atom stereocenters. The molecular weight excluding hydrogens is 210 g/mol. The molecule has 0 aliphatic heterocycles. The van der Waals surface area contributed by atoms with E-state index >= 15 is 0 Å². The van der Waals surface area contributed by atoms with Gasteiger partial charge in [0.15, 0.2) is 0 Å². The summed E-state index contributed by atoms with van der Waals surface area (Å²) in [4.78, 5) is 8.47. The second-order valence-corrected chi connectivity index (χ2v) is 4.79. The minimum Gasteiger partial charge on any atom is -0.373 e. The predicted octanol–water partition coefficient (Wildman–Crippen LogP) is 1.60. The van der Waals surface area contributed by atoms with Crippen molar-refractivity contribution in [2.24, 2.45) is 0 Å². The third-order valence-electron chi connectivity index (χ3n) is 1.99. The minimum atomic E-state index is -1.08. The summed E-state index contributed by atoms with van der Waals surface area (Å²) in [6.45, 7) is 3.96. The van der Waals surface area contributed by atoms with Crippen LogP contribution < -0.4 is 5.32 Å². The maximum absolute atomic E-state index is 11.6. The van der Waals surface area contributed by atoms with Crippen LogP contribution in [0.2, 0.25) is 0 Å². The first-order valence-corrected chi connectivity index (χ1v) is 6.47. The van der Waals surface area contributed by atoms with Crippen molar-refractivity contribution in [1.29, 1.82) is 0 Å². The van der Waals surface area contributed by atoms with E-state index in [4.69, 9.17) is 0 Å². The van der Waals surface area contributed by atoms with Crippen molar-refractivity contribution in [3.05, 3.63) is 11.8 Å². The summed E-state index contributed by atoms with van der Waals surface area (Å²) >= 11 is 0. The standard InChI is InChI=1S/C10H17N3OS/c1-4-6-8-7-9(11-3)13-10(12-8)15(14)5-2/h7H,4-6H2,1-3H3,(H,11,12,13). The van der Waals surface area contributed by atoms with Gasteiger partial charge in [0.1, 0.15) is 5.82 Å². The smallest absolute Gasteiger partial charge is 0.220 e. The molecule has 4 nitrogen and oxygen atoms in total. The van der Waals surface area contributed by atoms with Crippen LogP contribution >= 0.6 is 0 Å². The highest BCUT2D eigenvalue weighted by atomic mass is 32.2. The highest BCUT2D eigenvalue weighted by molar-refractivity contribution is 7.84. The van der Waals surface area contributed by atoms with Crippen LogP contribution in [-0.2, 0) is 17.2 Å². The van der Waals surface area contributed by atoms with Gasteiger partial charge in [-0.15, -0.1) is 0 Å². The molecule has 15 heavy (non-hydrogen) atoms. The van der Waals surface area contributed by atoms with E-state index in [1.54, 1.807) is 7.05 Å². The van der Waals surface area contributed by atoms with E-state index < -0.39 is 10.8 Å². The van der Waals surface area contributed by atoms with Gasteiger partial charge in [0.05, 0.1) is 10.8 Å². The van der Waals surface area contributed by atoms with Crippen molar-refractivity contribution in [1.82, 2.24) is 9.97 Å². The van der Waals surface area contributed by atoms with Crippen LogP contribution in [0.25, 0.3) is 0 Å². The molecule has 1 rings (SSSR count). The van der Waals surface area contributed by atoms with E-state index in [0.29, 0.717) is 10.9 Å². The summed E-state index contributed by atoms with van der Waals surface area (Å²) in [6, 6.07) is 1.90. The van der Waals surface area contributed by atoms with Crippen molar-refractivity contribution in [2.75, 3.05) is 18.1 Å². The fourth-order valence-electron chi connectivity index (χ4n) is 1.22. The number of hydrogen-bond donors (Lipinski definition) is 1. The number of rotatable bonds is 5. The van der Waals surface area contributed by atoms with E-state index in [2.05, 4.69) is 22.2 Å². The average Bonchev–Trinajstić information content (AvgIpc) is 2.28. The summed E-state index contributed by atoms with van der Waals surface area (Å²) in [5.74, 6) is 1.30. The highest BCUT2D eigenvalue weighted by Gasteiger charge is 2.08. The summed E-state index contributed by atoms with van der Waals surface area (Å²) in [5.41, 5.74) is 0.952. The van der Waals surface area contributed by atoms with Gasteiger partial charge in [0, 0.05) is 24.6 Å². The lowest BCUT2D eigenvalue weighted by Gasteiger charge is -2.05. The fourth-order valence-corrected chi connectivity index (χ4v) is 1.89. The van der Waals surface area contributed by atoms with E-state index in [9.17, 15) is 4.21 Å². The van der Waals surface area contributed by atoms with Crippen LogP contribution in [0, 0.1) is 0 Å². The molecule has 0 saturated heterocycles. The zero-order valence-electron chi connectivity index (χ0n) is 9.41. The quantitative estimate of drug-likeness (QED) is 0.776. The van der Waals surface area contributed by atoms with Crippen molar-refractivity contribution in [2.45, 2.75) is 31.8 Å². The highest BCUT2D eigenvalue weighted by Crippen LogP contribution is 2.10. The number of hydrogen-bond acceptors (Lipinski definition) is 4. The van der Waals surface area contributed by atoms with Crippen LogP contribution in [0.1, 0.15) is 26.0 Å². The zero-order chi connectivity index (χ0) is 11.3. The maximum Gasteiger partial charge on any atom is 0.220 e. The molecule has 0 spiro atoms. The van der Waals surface area contributed by atoms with Crippen LogP contribution in [0.4, 0.5) is 5.82 Å². The van der Waals surface area contributed by atoms with E-state index in [0.717, 1.165) is 24.4 Å². The molecule has 1 aromatic rings. The normalized spacial score (nSPS) is 12.5. The van der Waals surface area contributed by atoms with Crippen LogP contribution in [-0.4, -0.2) is 27.0 Å². The van der Waals surface area contributed by atoms with E-state index in [1.165, 1.54) is 0 Å². The van der Waals surface area contributed by atoms with Gasteiger partial charge in [-0.3, -0.25) is 4.21 Å². The average molecular weight is 227 g/mol. The zero-order valence-corrected chi connectivity index (χ0v) is 10.2. The van der Waals surface area contributed by atoms with Gasteiger partial charge in [-0.1, -0.05) is 20.3 Å². The number of anilines is 1. The Balaban J connectivity index is 3.05. The lowest BCUT2D eigenvalue weighted by molar-refractivity contribution is 0.674. The maximum atomic E-state index is 11.6. The lowest BCUT2D eigenvalue weighted by Crippen LogP contribution is -2.06. The first kappa shape index (κ1) is 12.1. The second-order valence-electron chi connectivity index (χ2n) is 3.16. The second kappa shape index (κ2) is 5.80. The van der Waals surface area contributed by atoms with Gasteiger partial charge in [0.2, 0.25) is 5.16 Å². The number of nitrogens with one attached hydrogen (secondary N) is 1. The van der Waals surface area contributed by atoms with Crippen molar-refractivity contribution in [3.63, 3.8) is 0 Å². The molecule has 1 aromatic heterocycles. The Morgan fingerprint density at radius 2 is 2.13 bits per heavy atom. The Labute approximate surface area is 93.0 Å². The first-order valence-electron chi connectivity index (χ1n) is 5.15. The summed E-state index contributed by atoms with van der Waals surface area (Å²) in [6.07, 6.45) is 1.92. The largest absolute Gasteiger partial charge is 0.373 e. The molecule has 0 radical (unpaired) electrons. The van der Waals surface area contributed by atoms with Gasteiger partial charge >= 0.3 is 0 Å². The van der Waals surface area contributed by atoms with Gasteiger partial charge in [0.25, 0.3) is 0 Å². The molecule has 84 valence electrons. The molecule has 0 fully saturated rings. The molecule has 1 atom stereocenters. The van der Waals surface area contributed by atoms with E-state index in [-0.39, 0.29) is 0 Å². The fraction of sp³-hybridized carbons (Fsp3) is 0.600. The Morgan fingerprint density at radius 1 is 1.40 bits per heavy atom. The third-order valence-corrected chi connectivity index (χ3v) is 3.10. The van der Waals surface area contributed by atoms with Gasteiger partial charge in [-0.05, 0) is 6.42 Å². The third kappa shape index (κ3) is 3.27. The Bertz CT molecular complexity index is 355. The molecule has 0 aliphatic carbocycles. The SMILES string of the molecule is CCCc1cc(NC)nc(S(=O)CC)n1. The predicted molar refractivity (Wildman–Crippen MR) is 62.5 cm³/mol. The minimum absolute atomic E-state index is 0.438. The molecule has 0 amide bonds. The Morgan fingerprint density at radius 3 is 2.67 bits per heavy atom. The molecule has 0 saturated carbocycles. The molecule has 1 N–H and O–H groups in total. The number of nitrogens with zero attached hydrogens (tertiary/aromatic N) is 2. The van der Waals surface area contributed by atoms with Crippen LogP contribution in [0.15, 0.2) is 11.2 Å². The molecule has 5 heteroatoms. The van der Waals surface area contributed by atoms with Crippen LogP contribution in [0.3, 0.4) is 0 Å². The monoisotopic (exact) mass is 227 g/mol. The summed E-state index contributed by atoms with van der Waals surface area (Å²) < 4.78 is 11.6. The van der Waals surface area contributed by atoms with E-state index in [1.807, 2.05) is 13.0 Å². The molecule has 0 aliphatic rings. The first-order chi connectivity index (χ1) is 7.21. The topological polar surface area (TPSA) is 54.9 Å². The molecule has 1 heterocycles. The Hall–Kier alpha value is -0.970. The number of aromatic nitrogens is 2. The lowest BCUT2D eigenvalue weighted by atomic mass is 10.2. The molecule has 0 bridgehead atoms. The van der Waals surface area contributed by atoms with Crippen LogP contribution in [0.5, 0.6) is 0 Å².